The van der Waals surface area contributed by atoms with Crippen molar-refractivity contribution >= 4 is 17.3 Å². The Balaban J connectivity index is 1.92. The van der Waals surface area contributed by atoms with Crippen LogP contribution in [0.1, 0.15) is 26.7 Å². The van der Waals surface area contributed by atoms with Gasteiger partial charge in [-0.25, -0.2) is 4.98 Å². The Morgan fingerprint density at radius 3 is 2.48 bits per heavy atom. The van der Waals surface area contributed by atoms with Crippen LogP contribution in [0.3, 0.4) is 0 Å². The van der Waals surface area contributed by atoms with Crippen LogP contribution in [0.15, 0.2) is 29.3 Å². The van der Waals surface area contributed by atoms with Crippen LogP contribution in [0.25, 0.3) is 0 Å². The van der Waals surface area contributed by atoms with E-state index in [2.05, 4.69) is 32.7 Å². The normalized spacial score (nSPS) is 11.6. The quantitative estimate of drug-likeness (QED) is 0.631. The lowest BCUT2D eigenvalue weighted by molar-refractivity contribution is 0.184. The molecular weight excluding hydrogens is 308 g/mol. The molecule has 0 radical (unpaired) electrons. The molecule has 0 amide bonds. The topological polar surface area (TPSA) is 58.5 Å². The Kier molecular flexibility index (Phi) is 6.55. The smallest absolute Gasteiger partial charge is 0.191 e. The maximum absolute atomic E-state index is 5.24. The van der Waals surface area contributed by atoms with E-state index in [9.17, 15) is 0 Å². The fraction of sp³-hybridized carbons (Fsp3) is 0.412. The largest absolute Gasteiger partial charge is 0.380 e. The molecule has 2 N–H and O–H groups in total. The van der Waals surface area contributed by atoms with E-state index >= 15 is 0 Å². The fourth-order valence-electron chi connectivity index (χ4n) is 2.33. The molecule has 1 aromatic carbocycles. The number of guanidine groups is 1. The third kappa shape index (κ3) is 5.04. The van der Waals surface area contributed by atoms with E-state index in [0.29, 0.717) is 13.2 Å². The molecule has 0 aliphatic rings. The van der Waals surface area contributed by atoms with Gasteiger partial charge in [-0.1, -0.05) is 24.3 Å². The Morgan fingerprint density at radius 2 is 1.87 bits per heavy atom. The summed E-state index contributed by atoms with van der Waals surface area (Å²) in [6, 6.07) is 8.25. The molecule has 0 aliphatic heterocycles. The zero-order valence-corrected chi connectivity index (χ0v) is 15.0. The average Bonchev–Trinajstić information content (AvgIpc) is 2.87. The summed E-state index contributed by atoms with van der Waals surface area (Å²) >= 11 is 1.72. The number of rotatable bonds is 6. The molecule has 0 unspecified atom stereocenters. The summed E-state index contributed by atoms with van der Waals surface area (Å²) in [5.41, 5.74) is 3.48. The lowest BCUT2D eigenvalue weighted by Crippen LogP contribution is -2.36. The van der Waals surface area contributed by atoms with Gasteiger partial charge in [0.1, 0.15) is 0 Å². The number of nitrogens with zero attached hydrogens (tertiary/aromatic N) is 2. The number of methoxy groups -OCH3 is 1. The predicted molar refractivity (Wildman–Crippen MR) is 95.8 cm³/mol. The van der Waals surface area contributed by atoms with Crippen molar-refractivity contribution in [3.05, 3.63) is 51.0 Å². The summed E-state index contributed by atoms with van der Waals surface area (Å²) in [5.74, 6) is 0.780. The summed E-state index contributed by atoms with van der Waals surface area (Å²) in [7, 11) is 3.49. The van der Waals surface area contributed by atoms with Crippen molar-refractivity contribution in [2.75, 3.05) is 14.2 Å². The van der Waals surface area contributed by atoms with Crippen molar-refractivity contribution in [1.82, 2.24) is 15.6 Å². The van der Waals surface area contributed by atoms with Crippen LogP contribution < -0.4 is 10.6 Å². The molecule has 124 valence electrons. The van der Waals surface area contributed by atoms with Gasteiger partial charge >= 0.3 is 0 Å². The van der Waals surface area contributed by atoms with Gasteiger partial charge in [0.05, 0.1) is 23.9 Å². The lowest BCUT2D eigenvalue weighted by Gasteiger charge is -2.13. The molecule has 0 spiro atoms. The number of aryl methyl sites for hydroxylation is 2. The van der Waals surface area contributed by atoms with Crippen LogP contribution in [0.2, 0.25) is 0 Å². The second-order valence-corrected chi connectivity index (χ2v) is 6.51. The Bertz CT molecular complexity index is 666. The molecule has 0 atom stereocenters. The fourth-order valence-corrected chi connectivity index (χ4v) is 3.20. The highest BCUT2D eigenvalue weighted by atomic mass is 32.1. The van der Waals surface area contributed by atoms with Gasteiger partial charge < -0.3 is 15.4 Å². The van der Waals surface area contributed by atoms with E-state index in [1.54, 1.807) is 25.5 Å². The Hall–Kier alpha value is -1.92. The van der Waals surface area contributed by atoms with Gasteiger partial charge in [-0.05, 0) is 25.0 Å². The number of ether oxygens (including phenoxy) is 1. The molecule has 0 bridgehead atoms. The molecule has 0 aliphatic carbocycles. The average molecular weight is 332 g/mol. The van der Waals surface area contributed by atoms with Gasteiger partial charge in [0.2, 0.25) is 0 Å². The van der Waals surface area contributed by atoms with Gasteiger partial charge in [-0.3, -0.25) is 4.99 Å². The Morgan fingerprint density at radius 1 is 1.17 bits per heavy atom. The zero-order chi connectivity index (χ0) is 16.7. The minimum absolute atomic E-state index is 0.614. The summed E-state index contributed by atoms with van der Waals surface area (Å²) in [6.45, 7) is 6.12. The Labute approximate surface area is 141 Å². The first-order valence-electron chi connectivity index (χ1n) is 7.57. The van der Waals surface area contributed by atoms with Crippen LogP contribution >= 0.6 is 11.3 Å². The lowest BCUT2D eigenvalue weighted by atomic mass is 10.1. The van der Waals surface area contributed by atoms with E-state index < -0.39 is 0 Å². The molecule has 2 rings (SSSR count). The van der Waals surface area contributed by atoms with E-state index in [-0.39, 0.29) is 0 Å². The van der Waals surface area contributed by atoms with Crippen LogP contribution in [-0.4, -0.2) is 25.1 Å². The van der Waals surface area contributed by atoms with Gasteiger partial charge in [0.25, 0.3) is 0 Å². The maximum Gasteiger partial charge on any atom is 0.191 e. The molecule has 0 saturated carbocycles. The highest BCUT2D eigenvalue weighted by Gasteiger charge is 2.07. The molecule has 5 nitrogen and oxygen atoms in total. The first-order chi connectivity index (χ1) is 11.1. The number of thiazole rings is 1. The monoisotopic (exact) mass is 332 g/mol. The van der Waals surface area contributed by atoms with Crippen molar-refractivity contribution in [2.24, 2.45) is 4.99 Å². The summed E-state index contributed by atoms with van der Waals surface area (Å²) in [6.07, 6.45) is 0. The molecule has 1 aromatic heterocycles. The minimum atomic E-state index is 0.614. The van der Waals surface area contributed by atoms with Gasteiger partial charge in [0.15, 0.2) is 5.96 Å². The number of aromatic nitrogens is 1. The second kappa shape index (κ2) is 8.64. The first kappa shape index (κ1) is 17.4. The van der Waals surface area contributed by atoms with E-state index in [4.69, 9.17) is 4.74 Å². The van der Waals surface area contributed by atoms with Gasteiger partial charge in [0, 0.05) is 25.6 Å². The molecule has 0 fully saturated rings. The van der Waals surface area contributed by atoms with Crippen LogP contribution in [-0.2, 0) is 24.4 Å². The number of hydrogen-bond donors (Lipinski definition) is 2. The molecule has 23 heavy (non-hydrogen) atoms. The van der Waals surface area contributed by atoms with E-state index in [0.717, 1.165) is 23.2 Å². The van der Waals surface area contributed by atoms with E-state index in [1.807, 2.05) is 26.0 Å². The van der Waals surface area contributed by atoms with Gasteiger partial charge in [-0.2, -0.15) is 0 Å². The third-order valence-electron chi connectivity index (χ3n) is 3.50. The third-order valence-corrected chi connectivity index (χ3v) is 4.58. The van der Waals surface area contributed by atoms with Crippen molar-refractivity contribution in [3.63, 3.8) is 0 Å². The molecule has 1 heterocycles. The van der Waals surface area contributed by atoms with E-state index in [1.165, 1.54) is 16.0 Å². The van der Waals surface area contributed by atoms with Crippen molar-refractivity contribution < 1.29 is 4.74 Å². The van der Waals surface area contributed by atoms with Crippen molar-refractivity contribution in [1.29, 1.82) is 0 Å². The second-order valence-electron chi connectivity index (χ2n) is 5.22. The van der Waals surface area contributed by atoms with Crippen LogP contribution in [0.5, 0.6) is 0 Å². The highest BCUT2D eigenvalue weighted by Crippen LogP contribution is 2.16. The number of benzene rings is 1. The highest BCUT2D eigenvalue weighted by molar-refractivity contribution is 7.11. The first-order valence-corrected chi connectivity index (χ1v) is 8.38. The van der Waals surface area contributed by atoms with Crippen molar-refractivity contribution in [3.8, 4) is 0 Å². The molecule has 6 heteroatoms. The summed E-state index contributed by atoms with van der Waals surface area (Å²) < 4.78 is 5.24. The number of aliphatic imine (C=N–C) groups is 1. The molecule has 0 saturated heterocycles. The van der Waals surface area contributed by atoms with Gasteiger partial charge in [-0.15, -0.1) is 11.3 Å². The number of hydrogen-bond acceptors (Lipinski definition) is 4. The predicted octanol–water partition coefficient (Wildman–Crippen LogP) is 2.77. The van der Waals surface area contributed by atoms with Crippen molar-refractivity contribution in [2.45, 2.75) is 33.5 Å². The summed E-state index contributed by atoms with van der Waals surface area (Å²) in [5, 5.41) is 7.78. The van der Waals surface area contributed by atoms with Crippen LogP contribution in [0.4, 0.5) is 0 Å². The minimum Gasteiger partial charge on any atom is -0.380 e. The maximum atomic E-state index is 5.24. The van der Waals surface area contributed by atoms with Crippen LogP contribution in [0, 0.1) is 13.8 Å². The standard InChI is InChI=1S/C17H24N4OS/c1-12-16(23-13(2)21-12)10-20-17(18-3)19-9-14-7-5-6-8-15(14)11-22-4/h5-8H,9-11H2,1-4H3,(H2,18,19,20). The molecule has 2 aromatic rings. The number of nitrogens with one attached hydrogen (secondary N) is 2. The summed E-state index contributed by atoms with van der Waals surface area (Å²) in [4.78, 5) is 9.96. The molecular formula is C17H24N4OS. The zero-order valence-electron chi connectivity index (χ0n) is 14.1. The SMILES string of the molecule is CN=C(NCc1ccccc1COC)NCc1sc(C)nc1C.